The highest BCUT2D eigenvalue weighted by Crippen LogP contribution is 2.31. The summed E-state index contributed by atoms with van der Waals surface area (Å²) in [5.74, 6) is -0.307. The van der Waals surface area contributed by atoms with Crippen molar-refractivity contribution in [1.82, 2.24) is 4.90 Å². The molecule has 0 fully saturated rings. The quantitative estimate of drug-likeness (QED) is 0.611. The normalized spacial score (nSPS) is 15.9. The molecule has 7 heteroatoms. The minimum Gasteiger partial charge on any atom is -0.398 e. The van der Waals surface area contributed by atoms with Gasteiger partial charge in [-0.3, -0.25) is 4.79 Å². The van der Waals surface area contributed by atoms with Crippen LogP contribution in [0.5, 0.6) is 0 Å². The lowest BCUT2D eigenvalue weighted by molar-refractivity contribution is -0.0957. The van der Waals surface area contributed by atoms with Crippen molar-refractivity contribution in [3.8, 4) is 0 Å². The van der Waals surface area contributed by atoms with Crippen LogP contribution >= 0.6 is 15.9 Å². The van der Waals surface area contributed by atoms with Gasteiger partial charge in [0.25, 0.3) is 5.91 Å². The summed E-state index contributed by atoms with van der Waals surface area (Å²) >= 11 is 3.26. The van der Waals surface area contributed by atoms with E-state index in [1.807, 2.05) is 0 Å². The summed E-state index contributed by atoms with van der Waals surface area (Å²) < 4.78 is 38.4. The molecule has 1 aromatic rings. The molecule has 0 radical (unpaired) electrons. The highest BCUT2D eigenvalue weighted by atomic mass is 79.9. The summed E-state index contributed by atoms with van der Waals surface area (Å²) in [6.45, 7) is 1.73. The van der Waals surface area contributed by atoms with E-state index >= 15 is 0 Å². The van der Waals surface area contributed by atoms with Crippen molar-refractivity contribution in [2.45, 2.75) is 19.5 Å². The molecule has 21 heavy (non-hydrogen) atoms. The fraction of sp³-hybridized carbons (Fsp3) is 0.357. The van der Waals surface area contributed by atoms with Gasteiger partial charge in [-0.25, -0.2) is 0 Å². The van der Waals surface area contributed by atoms with Gasteiger partial charge in [0.05, 0.1) is 0 Å². The third-order valence-corrected chi connectivity index (χ3v) is 3.96. The van der Waals surface area contributed by atoms with Gasteiger partial charge in [-0.15, -0.1) is 0 Å². The number of rotatable bonds is 1. The van der Waals surface area contributed by atoms with Crippen LogP contribution in [0.15, 0.2) is 28.3 Å². The molecule has 1 aliphatic rings. The second-order valence-corrected chi connectivity index (χ2v) is 5.81. The third-order valence-electron chi connectivity index (χ3n) is 3.50. The smallest absolute Gasteiger partial charge is 0.398 e. The molecule has 1 amide bonds. The second-order valence-electron chi connectivity index (χ2n) is 4.90. The Morgan fingerprint density at radius 1 is 1.38 bits per heavy atom. The number of hydrogen-bond donors (Lipinski definition) is 1. The van der Waals surface area contributed by atoms with Crippen molar-refractivity contribution in [1.29, 1.82) is 0 Å². The number of hydrogen-bond acceptors (Lipinski definition) is 2. The highest BCUT2D eigenvalue weighted by Gasteiger charge is 2.35. The molecular weight excluding hydrogens is 349 g/mol. The number of benzene rings is 1. The van der Waals surface area contributed by atoms with Crippen LogP contribution in [0.25, 0.3) is 0 Å². The Hall–Kier alpha value is -1.50. The van der Waals surface area contributed by atoms with E-state index in [1.165, 1.54) is 4.90 Å². The zero-order chi connectivity index (χ0) is 15.8. The Kier molecular flexibility index (Phi) is 4.32. The lowest BCUT2D eigenvalue weighted by Gasteiger charge is -2.28. The fourth-order valence-electron chi connectivity index (χ4n) is 2.20. The van der Waals surface area contributed by atoms with Gasteiger partial charge in [0, 0.05) is 34.4 Å². The average molecular weight is 363 g/mol. The monoisotopic (exact) mass is 362 g/mol. The summed E-state index contributed by atoms with van der Waals surface area (Å²) in [7, 11) is 0. The lowest BCUT2D eigenvalue weighted by atomic mass is 10.0. The standard InChI is InChI=1S/C14H14BrF3N2O/c1-8-11(6-10(15)7-12(8)19)13(21)20-4-2-9(3-5-20)14(16,17)18/h2,6-7H,3-5,19H2,1H3. The first-order chi connectivity index (χ1) is 9.70. The number of amides is 1. The van der Waals surface area contributed by atoms with Gasteiger partial charge >= 0.3 is 6.18 Å². The van der Waals surface area contributed by atoms with Crippen LogP contribution in [-0.4, -0.2) is 30.1 Å². The Balaban J connectivity index is 2.22. The first kappa shape index (κ1) is 15.9. The molecule has 0 bridgehead atoms. The summed E-state index contributed by atoms with van der Waals surface area (Å²) in [6, 6.07) is 3.32. The van der Waals surface area contributed by atoms with Crippen molar-refractivity contribution >= 4 is 27.5 Å². The van der Waals surface area contributed by atoms with Crippen molar-refractivity contribution in [2.75, 3.05) is 18.8 Å². The summed E-state index contributed by atoms with van der Waals surface area (Å²) in [5, 5.41) is 0. The van der Waals surface area contributed by atoms with E-state index in [0.717, 1.165) is 6.08 Å². The molecule has 1 aliphatic heterocycles. The van der Waals surface area contributed by atoms with Crippen LogP contribution in [0, 0.1) is 6.92 Å². The average Bonchev–Trinajstić information content (AvgIpc) is 2.41. The largest absolute Gasteiger partial charge is 0.412 e. The van der Waals surface area contributed by atoms with Gasteiger partial charge in [0.1, 0.15) is 0 Å². The number of anilines is 1. The number of carbonyl (C=O) groups is 1. The molecule has 0 atom stereocenters. The number of carbonyl (C=O) groups excluding carboxylic acids is 1. The van der Waals surface area contributed by atoms with E-state index in [2.05, 4.69) is 15.9 Å². The highest BCUT2D eigenvalue weighted by molar-refractivity contribution is 9.10. The van der Waals surface area contributed by atoms with Crippen LogP contribution in [0.2, 0.25) is 0 Å². The van der Waals surface area contributed by atoms with Crippen molar-refractivity contribution in [3.63, 3.8) is 0 Å². The Bertz CT molecular complexity index is 611. The molecule has 3 nitrogen and oxygen atoms in total. The SMILES string of the molecule is Cc1c(N)cc(Br)cc1C(=O)N1CC=C(C(F)(F)F)CC1. The second kappa shape index (κ2) is 5.71. The van der Waals surface area contributed by atoms with Gasteiger partial charge in [-0.05, 0) is 31.0 Å². The molecule has 1 aromatic carbocycles. The summed E-state index contributed by atoms with van der Waals surface area (Å²) in [5.41, 5.74) is 6.74. The predicted molar refractivity (Wildman–Crippen MR) is 77.9 cm³/mol. The van der Waals surface area contributed by atoms with Gasteiger partial charge in [-0.1, -0.05) is 22.0 Å². The van der Waals surface area contributed by atoms with E-state index in [9.17, 15) is 18.0 Å². The van der Waals surface area contributed by atoms with Gasteiger partial charge in [-0.2, -0.15) is 13.2 Å². The van der Waals surface area contributed by atoms with Crippen LogP contribution < -0.4 is 5.73 Å². The lowest BCUT2D eigenvalue weighted by Crippen LogP contribution is -2.37. The fourth-order valence-corrected chi connectivity index (χ4v) is 2.68. The molecular formula is C14H14BrF3N2O. The maximum Gasteiger partial charge on any atom is 0.412 e. The Morgan fingerprint density at radius 2 is 2.05 bits per heavy atom. The summed E-state index contributed by atoms with van der Waals surface area (Å²) in [4.78, 5) is 13.8. The minimum atomic E-state index is -4.31. The Morgan fingerprint density at radius 3 is 2.57 bits per heavy atom. The number of alkyl halides is 3. The van der Waals surface area contributed by atoms with Gasteiger partial charge < -0.3 is 10.6 Å². The van der Waals surface area contributed by atoms with Gasteiger partial charge in [0.15, 0.2) is 0 Å². The third kappa shape index (κ3) is 3.40. The zero-order valence-corrected chi connectivity index (χ0v) is 12.9. The number of halogens is 4. The van der Waals surface area contributed by atoms with Crippen molar-refractivity contribution < 1.29 is 18.0 Å². The first-order valence-electron chi connectivity index (χ1n) is 6.31. The van der Waals surface area contributed by atoms with Crippen LogP contribution in [0.3, 0.4) is 0 Å². The van der Waals surface area contributed by atoms with Crippen LogP contribution in [0.4, 0.5) is 18.9 Å². The van der Waals surface area contributed by atoms with E-state index in [1.54, 1.807) is 19.1 Å². The van der Waals surface area contributed by atoms with Crippen LogP contribution in [0.1, 0.15) is 22.3 Å². The molecule has 0 aliphatic carbocycles. The first-order valence-corrected chi connectivity index (χ1v) is 7.10. The van der Waals surface area contributed by atoms with E-state index in [-0.39, 0.29) is 25.4 Å². The maximum atomic E-state index is 12.6. The number of nitrogen functional groups attached to an aromatic ring is 1. The topological polar surface area (TPSA) is 46.3 Å². The van der Waals surface area contributed by atoms with Crippen LogP contribution in [-0.2, 0) is 0 Å². The molecule has 2 N–H and O–H groups in total. The maximum absolute atomic E-state index is 12.6. The number of nitrogens with zero attached hydrogens (tertiary/aromatic N) is 1. The molecule has 114 valence electrons. The molecule has 0 saturated carbocycles. The molecule has 2 rings (SSSR count). The van der Waals surface area contributed by atoms with E-state index in [4.69, 9.17) is 5.73 Å². The molecule has 1 heterocycles. The van der Waals surface area contributed by atoms with Crippen molar-refractivity contribution in [3.05, 3.63) is 39.4 Å². The molecule has 0 unspecified atom stereocenters. The molecule has 0 aromatic heterocycles. The molecule has 0 saturated heterocycles. The Labute approximate surface area is 128 Å². The van der Waals surface area contributed by atoms with Gasteiger partial charge in [0.2, 0.25) is 0 Å². The predicted octanol–water partition coefficient (Wildman–Crippen LogP) is 3.67. The number of nitrogens with two attached hydrogens (primary N) is 1. The van der Waals surface area contributed by atoms with E-state index in [0.29, 0.717) is 21.3 Å². The molecule has 0 spiro atoms. The minimum absolute atomic E-state index is 0.0421. The zero-order valence-electron chi connectivity index (χ0n) is 11.3. The summed E-state index contributed by atoms with van der Waals surface area (Å²) in [6.07, 6.45) is -3.43. The van der Waals surface area contributed by atoms with Crippen molar-refractivity contribution in [2.24, 2.45) is 0 Å². The van der Waals surface area contributed by atoms with E-state index < -0.39 is 11.7 Å².